The first-order valence-electron chi connectivity index (χ1n) is 6.94. The molecule has 2 rings (SSSR count). The van der Waals surface area contributed by atoms with Gasteiger partial charge < -0.3 is 5.32 Å². The molecule has 0 unspecified atom stereocenters. The van der Waals surface area contributed by atoms with E-state index in [0.717, 1.165) is 17.0 Å². The van der Waals surface area contributed by atoms with Crippen molar-refractivity contribution in [2.24, 2.45) is 5.10 Å². The molecule has 0 aliphatic carbocycles. The Morgan fingerprint density at radius 2 is 1.73 bits per heavy atom. The minimum Gasteiger partial charge on any atom is -0.376 e. The number of carbonyl (C=O) groups excluding carboxylic acids is 1. The summed E-state index contributed by atoms with van der Waals surface area (Å²) in [5.41, 5.74) is 6.25. The zero-order valence-electron chi connectivity index (χ0n) is 12.6. The van der Waals surface area contributed by atoms with Crippen molar-refractivity contribution in [2.75, 3.05) is 11.9 Å². The molecule has 4 nitrogen and oxygen atoms in total. The van der Waals surface area contributed by atoms with E-state index in [9.17, 15) is 4.79 Å². The zero-order valence-corrected chi connectivity index (χ0v) is 13.3. The van der Waals surface area contributed by atoms with E-state index in [-0.39, 0.29) is 12.5 Å². The van der Waals surface area contributed by atoms with E-state index >= 15 is 0 Å². The van der Waals surface area contributed by atoms with E-state index in [1.165, 1.54) is 5.56 Å². The van der Waals surface area contributed by atoms with Crippen molar-refractivity contribution in [3.8, 4) is 0 Å². The number of hydrogen-bond acceptors (Lipinski definition) is 3. The normalized spacial score (nSPS) is 11.1. The number of anilines is 1. The molecule has 5 heteroatoms. The summed E-state index contributed by atoms with van der Waals surface area (Å²) < 4.78 is 0. The maximum Gasteiger partial charge on any atom is 0.259 e. The molecule has 0 aliphatic heterocycles. The van der Waals surface area contributed by atoms with Gasteiger partial charge in [0, 0.05) is 10.7 Å². The molecule has 1 amide bonds. The van der Waals surface area contributed by atoms with Gasteiger partial charge in [-0.2, -0.15) is 5.10 Å². The van der Waals surface area contributed by atoms with Crippen LogP contribution >= 0.6 is 11.6 Å². The largest absolute Gasteiger partial charge is 0.376 e. The van der Waals surface area contributed by atoms with Crippen LogP contribution in [0.25, 0.3) is 0 Å². The number of nitrogens with zero attached hydrogens (tertiary/aromatic N) is 1. The second kappa shape index (κ2) is 7.61. The van der Waals surface area contributed by atoms with Gasteiger partial charge in [0.15, 0.2) is 0 Å². The Morgan fingerprint density at radius 1 is 1.09 bits per heavy atom. The van der Waals surface area contributed by atoms with Crippen LogP contribution in [-0.2, 0) is 4.79 Å². The van der Waals surface area contributed by atoms with Crippen LogP contribution in [0, 0.1) is 6.92 Å². The van der Waals surface area contributed by atoms with Crippen LogP contribution in [0.3, 0.4) is 0 Å². The minimum absolute atomic E-state index is 0.167. The molecule has 0 atom stereocenters. The van der Waals surface area contributed by atoms with Crippen LogP contribution in [0.15, 0.2) is 53.6 Å². The molecule has 0 aromatic heterocycles. The van der Waals surface area contributed by atoms with Gasteiger partial charge in [0.05, 0.1) is 12.3 Å². The monoisotopic (exact) mass is 315 g/mol. The fraction of sp³-hybridized carbons (Fsp3) is 0.176. The summed E-state index contributed by atoms with van der Waals surface area (Å²) in [6.45, 7) is 4.02. The fourth-order valence-electron chi connectivity index (χ4n) is 1.80. The summed E-state index contributed by atoms with van der Waals surface area (Å²) >= 11 is 5.84. The highest BCUT2D eigenvalue weighted by molar-refractivity contribution is 6.30. The first-order valence-corrected chi connectivity index (χ1v) is 7.32. The van der Waals surface area contributed by atoms with Crippen molar-refractivity contribution in [3.63, 3.8) is 0 Å². The molecular formula is C17H18ClN3O. The summed E-state index contributed by atoms with van der Waals surface area (Å²) in [4.78, 5) is 11.8. The van der Waals surface area contributed by atoms with Crippen LogP contribution < -0.4 is 10.7 Å². The second-order valence-corrected chi connectivity index (χ2v) is 5.40. The van der Waals surface area contributed by atoms with Gasteiger partial charge in [-0.15, -0.1) is 0 Å². The Kier molecular flexibility index (Phi) is 5.55. The van der Waals surface area contributed by atoms with Gasteiger partial charge in [0.2, 0.25) is 0 Å². The Morgan fingerprint density at radius 3 is 2.36 bits per heavy atom. The molecule has 0 saturated heterocycles. The van der Waals surface area contributed by atoms with E-state index in [1.54, 1.807) is 12.1 Å². The number of hydrogen-bond donors (Lipinski definition) is 2. The number of amides is 1. The number of benzene rings is 2. The standard InChI is InChI=1S/C17H18ClN3O/c1-12-3-9-16(10-4-12)19-11-17(22)21-20-13(2)14-5-7-15(18)8-6-14/h3-10,19H,11H2,1-2H3,(H,21,22)/b20-13+. The third kappa shape index (κ3) is 4.90. The predicted molar refractivity (Wildman–Crippen MR) is 91.5 cm³/mol. The maximum absolute atomic E-state index is 11.8. The van der Waals surface area contributed by atoms with Gasteiger partial charge in [0.25, 0.3) is 5.91 Å². The molecule has 0 fully saturated rings. The molecule has 0 heterocycles. The first-order chi connectivity index (χ1) is 10.5. The molecule has 2 N–H and O–H groups in total. The van der Waals surface area contributed by atoms with E-state index in [2.05, 4.69) is 15.8 Å². The molecular weight excluding hydrogens is 298 g/mol. The van der Waals surface area contributed by atoms with Gasteiger partial charge in [-0.1, -0.05) is 41.4 Å². The lowest BCUT2D eigenvalue weighted by molar-refractivity contribution is -0.119. The Hall–Kier alpha value is -2.33. The highest BCUT2D eigenvalue weighted by Gasteiger charge is 2.01. The predicted octanol–water partition coefficient (Wildman–Crippen LogP) is 3.60. The fourth-order valence-corrected chi connectivity index (χ4v) is 1.92. The molecule has 114 valence electrons. The SMILES string of the molecule is C/C(=N\NC(=O)CNc1ccc(C)cc1)c1ccc(Cl)cc1. The highest BCUT2D eigenvalue weighted by Crippen LogP contribution is 2.10. The van der Waals surface area contributed by atoms with E-state index in [0.29, 0.717) is 5.02 Å². The average molecular weight is 316 g/mol. The van der Waals surface area contributed by atoms with E-state index < -0.39 is 0 Å². The van der Waals surface area contributed by atoms with Crippen LogP contribution in [0.2, 0.25) is 5.02 Å². The third-order valence-electron chi connectivity index (χ3n) is 3.11. The quantitative estimate of drug-likeness (QED) is 0.654. The second-order valence-electron chi connectivity index (χ2n) is 4.96. The summed E-state index contributed by atoms with van der Waals surface area (Å²) in [5.74, 6) is -0.200. The molecule has 0 bridgehead atoms. The van der Waals surface area contributed by atoms with Crippen molar-refractivity contribution in [1.82, 2.24) is 5.43 Å². The molecule has 2 aromatic carbocycles. The van der Waals surface area contributed by atoms with Gasteiger partial charge in [-0.25, -0.2) is 5.43 Å². The van der Waals surface area contributed by atoms with Crippen LogP contribution in [-0.4, -0.2) is 18.2 Å². The van der Waals surface area contributed by atoms with Gasteiger partial charge in [-0.05, 0) is 43.7 Å². The number of rotatable bonds is 5. The van der Waals surface area contributed by atoms with Gasteiger partial charge in [0.1, 0.15) is 0 Å². The van der Waals surface area contributed by atoms with Crippen LogP contribution in [0.1, 0.15) is 18.1 Å². The molecule has 0 radical (unpaired) electrons. The van der Waals surface area contributed by atoms with Crippen molar-refractivity contribution in [3.05, 3.63) is 64.7 Å². The van der Waals surface area contributed by atoms with Crippen molar-refractivity contribution in [2.45, 2.75) is 13.8 Å². The van der Waals surface area contributed by atoms with Gasteiger partial charge >= 0.3 is 0 Å². The molecule has 0 aliphatic rings. The summed E-state index contributed by atoms with van der Waals surface area (Å²) in [6.07, 6.45) is 0. The zero-order chi connectivity index (χ0) is 15.9. The Balaban J connectivity index is 1.85. The minimum atomic E-state index is -0.200. The summed E-state index contributed by atoms with van der Waals surface area (Å²) in [5, 5.41) is 7.80. The van der Waals surface area contributed by atoms with E-state index in [4.69, 9.17) is 11.6 Å². The van der Waals surface area contributed by atoms with Gasteiger partial charge in [-0.3, -0.25) is 4.79 Å². The topological polar surface area (TPSA) is 53.5 Å². The lowest BCUT2D eigenvalue weighted by Crippen LogP contribution is -2.26. The summed E-state index contributed by atoms with van der Waals surface area (Å²) in [7, 11) is 0. The molecule has 0 saturated carbocycles. The number of nitrogens with one attached hydrogen (secondary N) is 2. The van der Waals surface area contributed by atoms with Crippen molar-refractivity contribution in [1.29, 1.82) is 0 Å². The third-order valence-corrected chi connectivity index (χ3v) is 3.37. The van der Waals surface area contributed by atoms with Crippen molar-refractivity contribution >= 4 is 28.9 Å². The molecule has 2 aromatic rings. The van der Waals surface area contributed by atoms with Crippen molar-refractivity contribution < 1.29 is 4.79 Å². The lowest BCUT2D eigenvalue weighted by atomic mass is 10.1. The molecule has 0 spiro atoms. The summed E-state index contributed by atoms with van der Waals surface area (Å²) in [6, 6.07) is 15.1. The Labute approximate surface area is 135 Å². The number of aryl methyl sites for hydroxylation is 1. The van der Waals surface area contributed by atoms with Crippen LogP contribution in [0.4, 0.5) is 5.69 Å². The Bertz CT molecular complexity index is 663. The molecule has 22 heavy (non-hydrogen) atoms. The highest BCUT2D eigenvalue weighted by atomic mass is 35.5. The number of carbonyl (C=O) groups is 1. The lowest BCUT2D eigenvalue weighted by Gasteiger charge is -2.06. The average Bonchev–Trinajstić information content (AvgIpc) is 2.52. The smallest absolute Gasteiger partial charge is 0.259 e. The first kappa shape index (κ1) is 16.0. The van der Waals surface area contributed by atoms with Crippen LogP contribution in [0.5, 0.6) is 0 Å². The van der Waals surface area contributed by atoms with E-state index in [1.807, 2.05) is 50.2 Å². The maximum atomic E-state index is 11.8. The number of halogens is 1. The number of hydrazone groups is 1.